The Labute approximate surface area is 150 Å². The van der Waals surface area contributed by atoms with E-state index in [0.29, 0.717) is 18.5 Å². The Kier molecular flexibility index (Phi) is 6.42. The SMILES string of the molecule is COC(=O)c1ccc(CCNC(=O)c2cn(CC(=O)N(C)C)nn2)cc1. The van der Waals surface area contributed by atoms with Crippen molar-refractivity contribution in [3.8, 4) is 0 Å². The highest BCUT2D eigenvalue weighted by atomic mass is 16.5. The Hall–Kier alpha value is -3.23. The first-order valence-electron chi connectivity index (χ1n) is 7.96. The highest BCUT2D eigenvalue weighted by Crippen LogP contribution is 2.06. The second kappa shape index (κ2) is 8.75. The van der Waals surface area contributed by atoms with Gasteiger partial charge in [-0.1, -0.05) is 17.3 Å². The molecule has 0 saturated carbocycles. The number of carbonyl (C=O) groups is 3. The van der Waals surface area contributed by atoms with Crippen molar-refractivity contribution in [2.24, 2.45) is 0 Å². The molecular weight excluding hydrogens is 338 g/mol. The molecule has 0 aliphatic rings. The maximum atomic E-state index is 12.1. The van der Waals surface area contributed by atoms with Crippen molar-refractivity contribution in [1.29, 1.82) is 0 Å². The quantitative estimate of drug-likeness (QED) is 0.704. The van der Waals surface area contributed by atoms with Gasteiger partial charge >= 0.3 is 5.97 Å². The van der Waals surface area contributed by atoms with Crippen molar-refractivity contribution in [2.45, 2.75) is 13.0 Å². The van der Waals surface area contributed by atoms with E-state index in [9.17, 15) is 14.4 Å². The third kappa shape index (κ3) is 5.13. The van der Waals surface area contributed by atoms with E-state index in [4.69, 9.17) is 0 Å². The number of benzene rings is 1. The van der Waals surface area contributed by atoms with Gasteiger partial charge in [0, 0.05) is 20.6 Å². The van der Waals surface area contributed by atoms with Gasteiger partial charge in [-0.05, 0) is 24.1 Å². The summed E-state index contributed by atoms with van der Waals surface area (Å²) < 4.78 is 5.96. The minimum absolute atomic E-state index is 0.0276. The van der Waals surface area contributed by atoms with E-state index in [0.717, 1.165) is 5.56 Å². The summed E-state index contributed by atoms with van der Waals surface area (Å²) in [5.74, 6) is -0.891. The topological polar surface area (TPSA) is 106 Å². The van der Waals surface area contributed by atoms with Crippen LogP contribution in [0.5, 0.6) is 0 Å². The average Bonchev–Trinajstić information content (AvgIpc) is 3.10. The summed E-state index contributed by atoms with van der Waals surface area (Å²) >= 11 is 0. The third-order valence-electron chi connectivity index (χ3n) is 3.64. The predicted octanol–water partition coefficient (Wildman–Crippen LogP) is 0.125. The molecule has 0 spiro atoms. The standard InChI is InChI=1S/C17H21N5O4/c1-21(2)15(23)11-22-10-14(19-20-22)16(24)18-9-8-12-4-6-13(7-5-12)17(25)26-3/h4-7,10H,8-9,11H2,1-3H3,(H,18,24). The Bertz CT molecular complexity index is 783. The number of carbonyl (C=O) groups excluding carboxylic acids is 3. The normalized spacial score (nSPS) is 10.3. The Morgan fingerprint density at radius 2 is 1.88 bits per heavy atom. The minimum Gasteiger partial charge on any atom is -0.465 e. The van der Waals surface area contributed by atoms with Gasteiger partial charge in [-0.25, -0.2) is 9.48 Å². The van der Waals surface area contributed by atoms with E-state index in [1.54, 1.807) is 26.2 Å². The fourth-order valence-electron chi connectivity index (χ4n) is 2.10. The number of rotatable bonds is 7. The van der Waals surface area contributed by atoms with Crippen LogP contribution in [0.4, 0.5) is 0 Å². The Morgan fingerprint density at radius 3 is 2.50 bits per heavy atom. The van der Waals surface area contributed by atoms with Gasteiger partial charge < -0.3 is 15.0 Å². The number of ether oxygens (including phenoxy) is 1. The minimum atomic E-state index is -0.388. The lowest BCUT2D eigenvalue weighted by Crippen LogP contribution is -2.27. The van der Waals surface area contributed by atoms with Crippen molar-refractivity contribution in [3.05, 3.63) is 47.3 Å². The Balaban J connectivity index is 1.82. The molecule has 0 aliphatic carbocycles. The number of aromatic nitrogens is 3. The van der Waals surface area contributed by atoms with Gasteiger partial charge in [0.15, 0.2) is 5.69 Å². The van der Waals surface area contributed by atoms with Gasteiger partial charge in [0.25, 0.3) is 5.91 Å². The molecule has 0 unspecified atom stereocenters. The molecule has 0 fully saturated rings. The van der Waals surface area contributed by atoms with Crippen LogP contribution in [0.2, 0.25) is 0 Å². The van der Waals surface area contributed by atoms with E-state index in [-0.39, 0.29) is 30.0 Å². The van der Waals surface area contributed by atoms with Crippen molar-refractivity contribution >= 4 is 17.8 Å². The van der Waals surface area contributed by atoms with Gasteiger partial charge in [0.05, 0.1) is 18.9 Å². The van der Waals surface area contributed by atoms with Crippen LogP contribution in [-0.2, 0) is 22.5 Å². The van der Waals surface area contributed by atoms with Gasteiger partial charge in [0.1, 0.15) is 6.54 Å². The molecule has 1 heterocycles. The first kappa shape index (κ1) is 19.1. The van der Waals surface area contributed by atoms with Crippen LogP contribution < -0.4 is 5.32 Å². The molecule has 1 aromatic heterocycles. The number of hydrogen-bond acceptors (Lipinski definition) is 6. The zero-order valence-electron chi connectivity index (χ0n) is 14.9. The first-order valence-corrected chi connectivity index (χ1v) is 7.96. The van der Waals surface area contributed by atoms with Crippen molar-refractivity contribution in [2.75, 3.05) is 27.7 Å². The molecule has 138 valence electrons. The zero-order chi connectivity index (χ0) is 19.1. The first-order chi connectivity index (χ1) is 12.4. The monoisotopic (exact) mass is 359 g/mol. The second-order valence-electron chi connectivity index (χ2n) is 5.78. The highest BCUT2D eigenvalue weighted by Gasteiger charge is 2.13. The fraction of sp³-hybridized carbons (Fsp3) is 0.353. The molecule has 0 atom stereocenters. The fourth-order valence-corrected chi connectivity index (χ4v) is 2.10. The lowest BCUT2D eigenvalue weighted by molar-refractivity contribution is -0.129. The van der Waals surface area contributed by atoms with Gasteiger partial charge in [-0.3, -0.25) is 9.59 Å². The van der Waals surface area contributed by atoms with Crippen LogP contribution in [0, 0.1) is 0 Å². The van der Waals surface area contributed by atoms with E-state index in [2.05, 4.69) is 20.4 Å². The maximum absolute atomic E-state index is 12.1. The molecule has 0 radical (unpaired) electrons. The lowest BCUT2D eigenvalue weighted by Gasteiger charge is -2.08. The van der Waals surface area contributed by atoms with E-state index >= 15 is 0 Å². The lowest BCUT2D eigenvalue weighted by atomic mass is 10.1. The summed E-state index contributed by atoms with van der Waals surface area (Å²) in [7, 11) is 4.62. The largest absolute Gasteiger partial charge is 0.465 e. The molecule has 9 nitrogen and oxygen atoms in total. The number of likely N-dealkylation sites (N-methyl/N-ethyl adjacent to an activating group) is 1. The van der Waals surface area contributed by atoms with Crippen LogP contribution in [0.15, 0.2) is 30.5 Å². The summed E-state index contributed by atoms with van der Waals surface area (Å²) in [6.45, 7) is 0.430. The molecule has 1 N–H and O–H groups in total. The number of esters is 1. The number of nitrogens with one attached hydrogen (secondary N) is 1. The molecule has 0 saturated heterocycles. The van der Waals surface area contributed by atoms with E-state index in [1.165, 1.54) is 22.9 Å². The molecule has 0 aliphatic heterocycles. The average molecular weight is 359 g/mol. The number of amides is 2. The van der Waals surface area contributed by atoms with Crippen LogP contribution in [0.25, 0.3) is 0 Å². The summed E-state index contributed by atoms with van der Waals surface area (Å²) in [6, 6.07) is 6.97. The van der Waals surface area contributed by atoms with Crippen molar-refractivity contribution in [1.82, 2.24) is 25.2 Å². The van der Waals surface area contributed by atoms with E-state index < -0.39 is 0 Å². The van der Waals surface area contributed by atoms with Crippen LogP contribution >= 0.6 is 0 Å². The molecule has 26 heavy (non-hydrogen) atoms. The third-order valence-corrected chi connectivity index (χ3v) is 3.64. The van der Waals surface area contributed by atoms with Crippen LogP contribution in [0.3, 0.4) is 0 Å². The molecule has 2 amide bonds. The predicted molar refractivity (Wildman–Crippen MR) is 92.5 cm³/mol. The number of nitrogens with zero attached hydrogens (tertiary/aromatic N) is 4. The molecule has 2 rings (SSSR count). The van der Waals surface area contributed by atoms with Gasteiger partial charge in [-0.15, -0.1) is 5.10 Å². The Morgan fingerprint density at radius 1 is 1.19 bits per heavy atom. The summed E-state index contributed by atoms with van der Waals surface area (Å²) in [5, 5.41) is 10.3. The molecule has 9 heteroatoms. The molecule has 2 aromatic rings. The van der Waals surface area contributed by atoms with E-state index in [1.807, 2.05) is 12.1 Å². The number of hydrogen-bond donors (Lipinski definition) is 1. The summed E-state index contributed by atoms with van der Waals surface area (Å²) in [4.78, 5) is 36.5. The van der Waals surface area contributed by atoms with Gasteiger partial charge in [0.2, 0.25) is 5.91 Å². The van der Waals surface area contributed by atoms with Crippen LogP contribution in [-0.4, -0.2) is 65.4 Å². The van der Waals surface area contributed by atoms with Gasteiger partial charge in [-0.2, -0.15) is 0 Å². The molecular formula is C17H21N5O4. The highest BCUT2D eigenvalue weighted by molar-refractivity contribution is 5.92. The van der Waals surface area contributed by atoms with Crippen molar-refractivity contribution in [3.63, 3.8) is 0 Å². The number of methoxy groups -OCH3 is 1. The summed E-state index contributed by atoms with van der Waals surface area (Å²) in [5.41, 5.74) is 1.60. The smallest absolute Gasteiger partial charge is 0.337 e. The van der Waals surface area contributed by atoms with Crippen LogP contribution in [0.1, 0.15) is 26.4 Å². The summed E-state index contributed by atoms with van der Waals surface area (Å²) in [6.07, 6.45) is 2.03. The maximum Gasteiger partial charge on any atom is 0.337 e. The second-order valence-corrected chi connectivity index (χ2v) is 5.78. The molecule has 1 aromatic carbocycles. The zero-order valence-corrected chi connectivity index (χ0v) is 14.9. The molecule has 0 bridgehead atoms. The van der Waals surface area contributed by atoms with Crippen molar-refractivity contribution < 1.29 is 19.1 Å².